The largest absolute Gasteiger partial charge is 0.356 e. The maximum Gasteiger partial charge on any atom is 0.257 e. The number of anilines is 7. The van der Waals surface area contributed by atoms with Crippen molar-refractivity contribution in [1.82, 2.24) is 14.9 Å². The van der Waals surface area contributed by atoms with Crippen molar-refractivity contribution in [1.29, 1.82) is 0 Å². The highest BCUT2D eigenvalue weighted by Crippen LogP contribution is 2.35. The summed E-state index contributed by atoms with van der Waals surface area (Å²) >= 11 is 0. The summed E-state index contributed by atoms with van der Waals surface area (Å²) in [4.78, 5) is 25.9. The number of fused-ring (bicyclic) bond motifs is 3. The number of carbonyl (C=O) groups excluding carboxylic acids is 1. The fraction of sp³-hybridized carbons (Fsp3) is 0.148. The van der Waals surface area contributed by atoms with Crippen LogP contribution in [0, 0.1) is 0 Å². The molecule has 0 fully saturated rings. The lowest BCUT2D eigenvalue weighted by atomic mass is 10.1. The number of carbonyl (C=O) groups is 1. The van der Waals surface area contributed by atoms with Gasteiger partial charge in [0.1, 0.15) is 5.69 Å². The van der Waals surface area contributed by atoms with Crippen LogP contribution in [0.5, 0.6) is 0 Å². The molecule has 3 N–H and O–H groups in total. The van der Waals surface area contributed by atoms with Crippen molar-refractivity contribution in [3.05, 3.63) is 89.6 Å². The molecule has 8 heteroatoms. The van der Waals surface area contributed by atoms with E-state index in [2.05, 4.69) is 56.1 Å². The molecule has 0 radical (unpaired) electrons. The van der Waals surface area contributed by atoms with E-state index in [0.717, 1.165) is 35.8 Å². The minimum Gasteiger partial charge on any atom is -0.356 e. The number of rotatable bonds is 4. The second-order valence-electron chi connectivity index (χ2n) is 8.94. The maximum atomic E-state index is 12.6. The first-order valence-electron chi connectivity index (χ1n) is 11.5. The molecule has 0 saturated carbocycles. The van der Waals surface area contributed by atoms with Crippen LogP contribution in [0.25, 0.3) is 0 Å². The van der Waals surface area contributed by atoms with Crippen LogP contribution in [-0.2, 0) is 13.1 Å². The average molecular weight is 464 g/mol. The summed E-state index contributed by atoms with van der Waals surface area (Å²) < 4.78 is 0. The second-order valence-corrected chi connectivity index (χ2v) is 8.94. The Kier molecular flexibility index (Phi) is 5.08. The topological polar surface area (TPSA) is 85.4 Å². The van der Waals surface area contributed by atoms with Gasteiger partial charge < -0.3 is 20.9 Å². The molecule has 4 aromatic rings. The van der Waals surface area contributed by atoms with Crippen molar-refractivity contribution in [3.8, 4) is 0 Å². The molecule has 1 aromatic heterocycles. The molecule has 1 amide bonds. The van der Waals surface area contributed by atoms with E-state index in [1.165, 1.54) is 11.1 Å². The van der Waals surface area contributed by atoms with E-state index >= 15 is 0 Å². The minimum absolute atomic E-state index is 0.172. The van der Waals surface area contributed by atoms with Crippen LogP contribution in [-0.4, -0.2) is 34.9 Å². The molecule has 2 aliphatic heterocycles. The van der Waals surface area contributed by atoms with Crippen molar-refractivity contribution >= 4 is 46.1 Å². The minimum atomic E-state index is -0.172. The fourth-order valence-corrected chi connectivity index (χ4v) is 4.61. The molecule has 6 rings (SSSR count). The molecule has 3 aromatic carbocycles. The smallest absolute Gasteiger partial charge is 0.257 e. The standard InChI is InChI=1S/C27H25N7O/c1-33-15-17-7-8-21(13-18(17)16-33)29-19-9-11-20(12-10-19)30-27-28-14-23-25(32-27)34(2)24-6-4-3-5-22(24)26(35)31-23/h3-14,29H,15-16H2,1-2H3,(H,31,35)(H,28,30,32). The van der Waals surface area contributed by atoms with Crippen LogP contribution in [0.4, 0.5) is 40.2 Å². The van der Waals surface area contributed by atoms with E-state index in [1.807, 2.05) is 54.4 Å². The third-order valence-corrected chi connectivity index (χ3v) is 6.36. The zero-order chi connectivity index (χ0) is 23.9. The lowest BCUT2D eigenvalue weighted by Gasteiger charge is -2.19. The molecule has 8 nitrogen and oxygen atoms in total. The van der Waals surface area contributed by atoms with E-state index in [4.69, 9.17) is 0 Å². The Bertz CT molecular complexity index is 1430. The van der Waals surface area contributed by atoms with Gasteiger partial charge in [0.2, 0.25) is 5.95 Å². The number of amides is 1. The number of hydrogen-bond acceptors (Lipinski definition) is 7. The highest BCUT2D eigenvalue weighted by molar-refractivity contribution is 6.11. The summed E-state index contributed by atoms with van der Waals surface area (Å²) in [5.74, 6) is 0.906. The van der Waals surface area contributed by atoms with Gasteiger partial charge in [-0.25, -0.2) is 4.98 Å². The molecule has 0 bridgehead atoms. The van der Waals surface area contributed by atoms with Gasteiger partial charge >= 0.3 is 0 Å². The monoisotopic (exact) mass is 463 g/mol. The molecule has 174 valence electrons. The van der Waals surface area contributed by atoms with Crippen molar-refractivity contribution < 1.29 is 4.79 Å². The van der Waals surface area contributed by atoms with E-state index in [9.17, 15) is 4.79 Å². The maximum absolute atomic E-state index is 12.6. The number of hydrogen-bond donors (Lipinski definition) is 3. The summed E-state index contributed by atoms with van der Waals surface area (Å²) in [6, 6.07) is 22.0. The normalized spacial score (nSPS) is 14.5. The van der Waals surface area contributed by atoms with Crippen LogP contribution in [0.1, 0.15) is 21.5 Å². The Hall–Kier alpha value is -4.43. The highest BCUT2D eigenvalue weighted by Gasteiger charge is 2.24. The first-order chi connectivity index (χ1) is 17.0. The van der Waals surface area contributed by atoms with Gasteiger partial charge in [0.25, 0.3) is 5.91 Å². The van der Waals surface area contributed by atoms with Gasteiger partial charge in [-0.15, -0.1) is 0 Å². The highest BCUT2D eigenvalue weighted by atomic mass is 16.1. The number of aromatic nitrogens is 2. The summed E-state index contributed by atoms with van der Waals surface area (Å²) in [5, 5.41) is 9.65. The van der Waals surface area contributed by atoms with Gasteiger partial charge in [0.15, 0.2) is 5.82 Å². The molecule has 0 spiro atoms. The SMILES string of the molecule is CN1Cc2ccc(Nc3ccc(Nc4ncc5c(n4)N(C)c4ccccc4C(=O)N5)cc3)cc2C1. The molecule has 0 atom stereocenters. The van der Waals surface area contributed by atoms with Gasteiger partial charge in [-0.1, -0.05) is 18.2 Å². The van der Waals surface area contributed by atoms with E-state index in [-0.39, 0.29) is 5.91 Å². The van der Waals surface area contributed by atoms with E-state index in [0.29, 0.717) is 23.0 Å². The lowest BCUT2D eigenvalue weighted by molar-refractivity contribution is 0.102. The number of nitrogens with zero attached hydrogens (tertiary/aromatic N) is 4. The van der Waals surface area contributed by atoms with E-state index < -0.39 is 0 Å². The predicted octanol–water partition coefficient (Wildman–Crippen LogP) is 5.24. The van der Waals surface area contributed by atoms with Crippen molar-refractivity contribution in [3.63, 3.8) is 0 Å². The summed E-state index contributed by atoms with van der Waals surface area (Å²) in [6.07, 6.45) is 1.63. The third-order valence-electron chi connectivity index (χ3n) is 6.36. The molecular weight excluding hydrogens is 438 g/mol. The average Bonchev–Trinajstić information content (AvgIpc) is 3.20. The van der Waals surface area contributed by atoms with Crippen LogP contribution in [0.3, 0.4) is 0 Å². The molecular formula is C27H25N7O. The van der Waals surface area contributed by atoms with Crippen molar-refractivity contribution in [2.24, 2.45) is 0 Å². The number of para-hydroxylation sites is 1. The quantitative estimate of drug-likeness (QED) is 0.381. The second kappa shape index (κ2) is 8.41. The molecule has 3 heterocycles. The van der Waals surface area contributed by atoms with Crippen LogP contribution in [0.2, 0.25) is 0 Å². The first-order valence-corrected chi connectivity index (χ1v) is 11.5. The lowest BCUT2D eigenvalue weighted by Crippen LogP contribution is -2.13. The zero-order valence-electron chi connectivity index (χ0n) is 19.5. The molecule has 0 saturated heterocycles. The Morgan fingerprint density at radius 1 is 0.857 bits per heavy atom. The predicted molar refractivity (Wildman–Crippen MR) is 139 cm³/mol. The Balaban J connectivity index is 1.19. The summed E-state index contributed by atoms with van der Waals surface area (Å²) in [5.41, 5.74) is 7.68. The van der Waals surface area contributed by atoms with Crippen LogP contribution >= 0.6 is 0 Å². The Morgan fingerprint density at radius 2 is 1.57 bits per heavy atom. The number of nitrogens with one attached hydrogen (secondary N) is 3. The van der Waals surface area contributed by atoms with Gasteiger partial charge in [-0.2, -0.15) is 4.98 Å². The van der Waals surface area contributed by atoms with Crippen molar-refractivity contribution in [2.45, 2.75) is 13.1 Å². The molecule has 35 heavy (non-hydrogen) atoms. The zero-order valence-corrected chi connectivity index (χ0v) is 19.5. The van der Waals surface area contributed by atoms with Crippen LogP contribution < -0.4 is 20.9 Å². The van der Waals surface area contributed by atoms with Crippen molar-refractivity contribution in [2.75, 3.05) is 34.9 Å². The van der Waals surface area contributed by atoms with Gasteiger partial charge in [-0.3, -0.25) is 9.69 Å². The number of benzene rings is 3. The third kappa shape index (κ3) is 4.04. The van der Waals surface area contributed by atoms with Gasteiger partial charge in [0.05, 0.1) is 17.4 Å². The van der Waals surface area contributed by atoms with Crippen LogP contribution in [0.15, 0.2) is 72.9 Å². The summed E-state index contributed by atoms with van der Waals surface area (Å²) in [7, 11) is 4.03. The Labute approximate surface area is 203 Å². The molecule has 0 unspecified atom stereocenters. The van der Waals surface area contributed by atoms with Gasteiger partial charge in [0, 0.05) is 37.2 Å². The van der Waals surface area contributed by atoms with Gasteiger partial charge in [-0.05, 0) is 66.7 Å². The fourth-order valence-electron chi connectivity index (χ4n) is 4.61. The van der Waals surface area contributed by atoms with E-state index in [1.54, 1.807) is 12.3 Å². The summed E-state index contributed by atoms with van der Waals surface area (Å²) in [6.45, 7) is 1.99. The molecule has 2 aliphatic rings. The first kappa shape index (κ1) is 21.1. The Morgan fingerprint density at radius 3 is 2.40 bits per heavy atom. The molecule has 0 aliphatic carbocycles.